The van der Waals surface area contributed by atoms with Crippen LogP contribution in [0.15, 0.2) is 54.6 Å². The summed E-state index contributed by atoms with van der Waals surface area (Å²) in [5.41, 5.74) is 2.87. The summed E-state index contributed by atoms with van der Waals surface area (Å²) < 4.78 is 19.8. The fraction of sp³-hybridized carbons (Fsp3) is 0.150. The van der Waals surface area contributed by atoms with E-state index in [0.29, 0.717) is 11.4 Å². The van der Waals surface area contributed by atoms with E-state index >= 15 is 0 Å². The van der Waals surface area contributed by atoms with Gasteiger partial charge in [0.25, 0.3) is 5.91 Å². The van der Waals surface area contributed by atoms with E-state index in [0.717, 1.165) is 17.4 Å². The zero-order valence-corrected chi connectivity index (χ0v) is 14.9. The van der Waals surface area contributed by atoms with Crippen LogP contribution in [0.3, 0.4) is 0 Å². The zero-order chi connectivity index (χ0) is 19.4. The smallest absolute Gasteiger partial charge is 0.338 e. The Hall–Kier alpha value is -3.48. The molecule has 138 valence electrons. The van der Waals surface area contributed by atoms with Gasteiger partial charge in [0, 0.05) is 0 Å². The molecule has 0 bridgehead atoms. The molecule has 0 aliphatic rings. The maximum atomic E-state index is 13.1. The number of carbonyl (C=O) groups excluding carboxylic acids is 2. The first-order valence-corrected chi connectivity index (χ1v) is 8.30. The Labute approximate surface area is 155 Å². The molecule has 27 heavy (non-hydrogen) atoms. The van der Waals surface area contributed by atoms with Gasteiger partial charge in [-0.2, -0.15) is 5.10 Å². The molecule has 7 heteroatoms. The molecule has 3 aromatic rings. The van der Waals surface area contributed by atoms with E-state index in [2.05, 4.69) is 10.4 Å². The third-order valence-electron chi connectivity index (χ3n) is 3.95. The number of nitrogens with zero attached hydrogens (tertiary/aromatic N) is 2. The van der Waals surface area contributed by atoms with Crippen molar-refractivity contribution in [3.63, 3.8) is 0 Å². The number of amides is 1. The van der Waals surface area contributed by atoms with Gasteiger partial charge in [0.05, 0.1) is 28.3 Å². The summed E-state index contributed by atoms with van der Waals surface area (Å²) in [6.07, 6.45) is 0. The number of halogens is 1. The van der Waals surface area contributed by atoms with Crippen molar-refractivity contribution in [2.45, 2.75) is 13.8 Å². The number of anilines is 1. The average molecular weight is 367 g/mol. The fourth-order valence-corrected chi connectivity index (χ4v) is 2.65. The molecule has 6 nitrogen and oxygen atoms in total. The van der Waals surface area contributed by atoms with Crippen molar-refractivity contribution >= 4 is 17.6 Å². The molecular weight excluding hydrogens is 349 g/mol. The Balaban J connectivity index is 1.66. The van der Waals surface area contributed by atoms with Gasteiger partial charge in [-0.05, 0) is 44.2 Å². The highest BCUT2D eigenvalue weighted by Gasteiger charge is 2.16. The van der Waals surface area contributed by atoms with Crippen molar-refractivity contribution < 1.29 is 18.7 Å². The monoisotopic (exact) mass is 367 g/mol. The van der Waals surface area contributed by atoms with Crippen LogP contribution in [0.1, 0.15) is 21.7 Å². The molecule has 0 aliphatic carbocycles. The highest BCUT2D eigenvalue weighted by molar-refractivity contribution is 5.96. The van der Waals surface area contributed by atoms with Gasteiger partial charge in [0.15, 0.2) is 6.61 Å². The number of benzene rings is 2. The average Bonchev–Trinajstić information content (AvgIpc) is 2.95. The summed E-state index contributed by atoms with van der Waals surface area (Å²) in [5.74, 6) is -1.81. The molecule has 0 aliphatic heterocycles. The third kappa shape index (κ3) is 4.20. The first-order chi connectivity index (χ1) is 13.0. The first-order valence-electron chi connectivity index (χ1n) is 8.30. The predicted molar refractivity (Wildman–Crippen MR) is 98.4 cm³/mol. The molecule has 1 amide bonds. The predicted octanol–water partition coefficient (Wildman–Crippen LogP) is 3.42. The van der Waals surface area contributed by atoms with E-state index < -0.39 is 24.3 Å². The van der Waals surface area contributed by atoms with Crippen LogP contribution in [0.25, 0.3) is 5.69 Å². The number of hydrogen-bond donors (Lipinski definition) is 1. The highest BCUT2D eigenvalue weighted by Crippen LogP contribution is 2.22. The summed E-state index contributed by atoms with van der Waals surface area (Å²) in [6.45, 7) is 3.13. The molecule has 0 atom stereocenters. The van der Waals surface area contributed by atoms with E-state index in [1.807, 2.05) is 37.3 Å². The van der Waals surface area contributed by atoms with Crippen molar-refractivity contribution in [1.29, 1.82) is 0 Å². The number of esters is 1. The number of carbonyl (C=O) groups is 2. The van der Waals surface area contributed by atoms with Gasteiger partial charge in [0.2, 0.25) is 0 Å². The van der Waals surface area contributed by atoms with Gasteiger partial charge in [-0.3, -0.25) is 4.79 Å². The summed E-state index contributed by atoms with van der Waals surface area (Å²) in [5, 5.41) is 7.15. The van der Waals surface area contributed by atoms with Crippen molar-refractivity contribution in [3.8, 4) is 5.69 Å². The van der Waals surface area contributed by atoms with E-state index in [1.54, 1.807) is 11.6 Å². The SMILES string of the molecule is Cc1nn(-c2ccccc2)c(C)c1NC(=O)COC(=O)c1cccc(F)c1. The lowest BCUT2D eigenvalue weighted by Crippen LogP contribution is -2.21. The second-order valence-electron chi connectivity index (χ2n) is 5.93. The van der Waals surface area contributed by atoms with Crippen LogP contribution in [0, 0.1) is 19.7 Å². The second-order valence-corrected chi connectivity index (χ2v) is 5.93. The molecule has 0 saturated carbocycles. The molecule has 0 fully saturated rings. The summed E-state index contributed by atoms with van der Waals surface area (Å²) in [6, 6.07) is 14.6. The van der Waals surface area contributed by atoms with E-state index in [4.69, 9.17) is 4.74 Å². The molecule has 1 N–H and O–H groups in total. The molecule has 1 heterocycles. The quantitative estimate of drug-likeness (QED) is 0.701. The summed E-state index contributed by atoms with van der Waals surface area (Å²) in [4.78, 5) is 24.1. The summed E-state index contributed by atoms with van der Waals surface area (Å²) in [7, 11) is 0. The fourth-order valence-electron chi connectivity index (χ4n) is 2.65. The normalized spacial score (nSPS) is 10.5. The van der Waals surface area contributed by atoms with Crippen LogP contribution in [0.5, 0.6) is 0 Å². The lowest BCUT2D eigenvalue weighted by atomic mass is 10.2. The number of hydrogen-bond acceptors (Lipinski definition) is 4. The van der Waals surface area contributed by atoms with Crippen LogP contribution in [0.2, 0.25) is 0 Å². The van der Waals surface area contributed by atoms with Gasteiger partial charge in [0.1, 0.15) is 5.82 Å². The van der Waals surface area contributed by atoms with E-state index in [1.165, 1.54) is 18.2 Å². The minimum atomic E-state index is -0.766. The lowest BCUT2D eigenvalue weighted by molar-refractivity contribution is -0.119. The molecular formula is C20H18FN3O3. The van der Waals surface area contributed by atoms with Crippen molar-refractivity contribution in [3.05, 3.63) is 77.4 Å². The van der Waals surface area contributed by atoms with Crippen LogP contribution >= 0.6 is 0 Å². The third-order valence-corrected chi connectivity index (χ3v) is 3.95. The Morgan fingerprint density at radius 2 is 1.85 bits per heavy atom. The Morgan fingerprint density at radius 1 is 1.11 bits per heavy atom. The maximum absolute atomic E-state index is 13.1. The van der Waals surface area contributed by atoms with Crippen molar-refractivity contribution in [2.75, 3.05) is 11.9 Å². The van der Waals surface area contributed by atoms with Crippen molar-refractivity contribution in [2.24, 2.45) is 0 Å². The minimum absolute atomic E-state index is 0.0482. The maximum Gasteiger partial charge on any atom is 0.338 e. The number of aryl methyl sites for hydroxylation is 1. The molecule has 2 aromatic carbocycles. The Morgan fingerprint density at radius 3 is 2.56 bits per heavy atom. The second kappa shape index (κ2) is 7.82. The van der Waals surface area contributed by atoms with Gasteiger partial charge in [-0.25, -0.2) is 13.9 Å². The standard InChI is InChI=1S/C20H18FN3O3/c1-13-19(14(2)24(23-13)17-9-4-3-5-10-17)22-18(25)12-27-20(26)15-7-6-8-16(21)11-15/h3-11H,12H2,1-2H3,(H,22,25). The zero-order valence-electron chi connectivity index (χ0n) is 14.9. The Bertz CT molecular complexity index is 983. The summed E-state index contributed by atoms with van der Waals surface area (Å²) >= 11 is 0. The molecule has 3 rings (SSSR count). The van der Waals surface area contributed by atoms with E-state index in [9.17, 15) is 14.0 Å². The lowest BCUT2D eigenvalue weighted by Gasteiger charge is -2.08. The topological polar surface area (TPSA) is 73.2 Å². The van der Waals surface area contributed by atoms with Gasteiger partial charge in [-0.15, -0.1) is 0 Å². The molecule has 0 radical (unpaired) electrons. The number of rotatable bonds is 5. The minimum Gasteiger partial charge on any atom is -0.452 e. The highest BCUT2D eigenvalue weighted by atomic mass is 19.1. The number of aromatic nitrogens is 2. The van der Waals surface area contributed by atoms with Crippen LogP contribution < -0.4 is 5.32 Å². The Kier molecular flexibility index (Phi) is 5.30. The van der Waals surface area contributed by atoms with Crippen LogP contribution in [-0.2, 0) is 9.53 Å². The van der Waals surface area contributed by atoms with Crippen LogP contribution in [-0.4, -0.2) is 28.3 Å². The van der Waals surface area contributed by atoms with Crippen molar-refractivity contribution in [1.82, 2.24) is 9.78 Å². The molecule has 0 unspecified atom stereocenters. The number of para-hydroxylation sites is 1. The van der Waals surface area contributed by atoms with Crippen LogP contribution in [0.4, 0.5) is 10.1 Å². The van der Waals surface area contributed by atoms with Gasteiger partial charge in [-0.1, -0.05) is 24.3 Å². The molecule has 0 saturated heterocycles. The molecule has 1 aromatic heterocycles. The number of ether oxygens (including phenoxy) is 1. The first kappa shape index (κ1) is 18.3. The number of nitrogens with one attached hydrogen (secondary N) is 1. The molecule has 0 spiro atoms. The van der Waals surface area contributed by atoms with Gasteiger partial charge >= 0.3 is 5.97 Å². The largest absolute Gasteiger partial charge is 0.452 e. The van der Waals surface area contributed by atoms with Gasteiger partial charge < -0.3 is 10.1 Å². The van der Waals surface area contributed by atoms with E-state index in [-0.39, 0.29) is 5.56 Å².